The van der Waals surface area contributed by atoms with Crippen molar-refractivity contribution in [3.8, 4) is 5.75 Å². The number of ether oxygens (including phenoxy) is 1. The second-order valence-electron chi connectivity index (χ2n) is 4.06. The van der Waals surface area contributed by atoms with E-state index in [2.05, 4.69) is 25.6 Å². The number of rotatable bonds is 4. The smallest absolute Gasteiger partial charge is 0.267 e. The molecular weight excluding hydrogens is 364 g/mol. The lowest BCUT2D eigenvalue weighted by molar-refractivity contribution is 0.403. The maximum absolute atomic E-state index is 12.4. The quantitative estimate of drug-likeness (QED) is 0.888. The zero-order valence-electron chi connectivity index (χ0n) is 11.1. The van der Waals surface area contributed by atoms with Crippen molar-refractivity contribution in [2.75, 3.05) is 11.8 Å². The summed E-state index contributed by atoms with van der Waals surface area (Å²) in [6.07, 6.45) is 0. The summed E-state index contributed by atoms with van der Waals surface area (Å²) in [6.45, 7) is 3.73. The van der Waals surface area contributed by atoms with E-state index < -0.39 is 10.0 Å². The minimum absolute atomic E-state index is 0.0693. The van der Waals surface area contributed by atoms with Gasteiger partial charge in [0.15, 0.2) is 5.13 Å². The SMILES string of the molecule is COc1ccc(Br)cc1S(=O)(=O)Nc1nc(C)c(C)s1. The minimum atomic E-state index is -3.74. The molecule has 0 atom stereocenters. The molecule has 0 saturated heterocycles. The summed E-state index contributed by atoms with van der Waals surface area (Å²) in [5, 5.41) is 0.349. The molecule has 1 heterocycles. The van der Waals surface area contributed by atoms with Crippen molar-refractivity contribution in [3.05, 3.63) is 33.2 Å². The summed E-state index contributed by atoms with van der Waals surface area (Å²) in [6, 6.07) is 4.81. The zero-order valence-corrected chi connectivity index (χ0v) is 14.3. The Balaban J connectivity index is 2.42. The first-order valence-corrected chi connectivity index (χ1v) is 8.73. The van der Waals surface area contributed by atoms with Gasteiger partial charge in [0, 0.05) is 9.35 Å². The lowest BCUT2D eigenvalue weighted by Crippen LogP contribution is -2.14. The molecule has 0 spiro atoms. The van der Waals surface area contributed by atoms with Crippen molar-refractivity contribution in [1.29, 1.82) is 0 Å². The first kappa shape index (κ1) is 15.3. The molecule has 0 amide bonds. The Bertz CT molecular complexity index is 722. The van der Waals surface area contributed by atoms with Crippen molar-refractivity contribution in [3.63, 3.8) is 0 Å². The Labute approximate surface area is 130 Å². The summed E-state index contributed by atoms with van der Waals surface area (Å²) in [7, 11) is -2.31. The fourth-order valence-corrected chi connectivity index (χ4v) is 4.31. The van der Waals surface area contributed by atoms with Gasteiger partial charge >= 0.3 is 0 Å². The molecule has 1 N–H and O–H groups in total. The Hall–Kier alpha value is -1.12. The highest BCUT2D eigenvalue weighted by molar-refractivity contribution is 9.10. The van der Waals surface area contributed by atoms with E-state index in [-0.39, 0.29) is 10.6 Å². The summed E-state index contributed by atoms with van der Waals surface area (Å²) in [5.74, 6) is 0.283. The molecule has 0 aliphatic rings. The Morgan fingerprint density at radius 1 is 1.35 bits per heavy atom. The Morgan fingerprint density at radius 3 is 2.60 bits per heavy atom. The second kappa shape index (κ2) is 5.71. The fraction of sp³-hybridized carbons (Fsp3) is 0.250. The molecule has 0 radical (unpaired) electrons. The van der Waals surface area contributed by atoms with Gasteiger partial charge in [0.1, 0.15) is 10.6 Å². The van der Waals surface area contributed by atoms with Gasteiger partial charge in [0.05, 0.1) is 12.8 Å². The van der Waals surface area contributed by atoms with Gasteiger partial charge in [-0.1, -0.05) is 15.9 Å². The topological polar surface area (TPSA) is 68.3 Å². The van der Waals surface area contributed by atoms with E-state index >= 15 is 0 Å². The van der Waals surface area contributed by atoms with E-state index in [0.29, 0.717) is 9.60 Å². The van der Waals surface area contributed by atoms with Crippen LogP contribution in [0.15, 0.2) is 27.6 Å². The van der Waals surface area contributed by atoms with Crippen molar-refractivity contribution >= 4 is 42.4 Å². The average Bonchev–Trinajstić information content (AvgIpc) is 2.67. The number of methoxy groups -OCH3 is 1. The molecule has 0 saturated carbocycles. The average molecular weight is 377 g/mol. The lowest BCUT2D eigenvalue weighted by atomic mass is 10.3. The van der Waals surface area contributed by atoms with Crippen LogP contribution in [0.3, 0.4) is 0 Å². The molecule has 0 bridgehead atoms. The third kappa shape index (κ3) is 3.13. The van der Waals surface area contributed by atoms with Gasteiger partial charge in [-0.3, -0.25) is 4.72 Å². The highest BCUT2D eigenvalue weighted by Crippen LogP contribution is 2.30. The number of aromatic nitrogens is 1. The molecule has 0 aliphatic heterocycles. The van der Waals surface area contributed by atoms with Crippen LogP contribution in [-0.4, -0.2) is 20.5 Å². The molecule has 20 heavy (non-hydrogen) atoms. The number of halogens is 1. The molecule has 0 aliphatic carbocycles. The van der Waals surface area contributed by atoms with E-state index in [1.54, 1.807) is 12.1 Å². The van der Waals surface area contributed by atoms with E-state index in [1.807, 2.05) is 13.8 Å². The van der Waals surface area contributed by atoms with Crippen LogP contribution in [0.1, 0.15) is 10.6 Å². The molecular formula is C12H13BrN2O3S2. The van der Waals surface area contributed by atoms with Gasteiger partial charge in [-0.05, 0) is 32.0 Å². The van der Waals surface area contributed by atoms with Crippen LogP contribution in [0.2, 0.25) is 0 Å². The Kier molecular flexibility index (Phi) is 4.36. The molecule has 5 nitrogen and oxygen atoms in total. The highest BCUT2D eigenvalue weighted by atomic mass is 79.9. The normalized spacial score (nSPS) is 11.4. The largest absolute Gasteiger partial charge is 0.495 e. The minimum Gasteiger partial charge on any atom is -0.495 e. The van der Waals surface area contributed by atoms with Gasteiger partial charge in [0.2, 0.25) is 0 Å². The van der Waals surface area contributed by atoms with E-state index in [9.17, 15) is 8.42 Å². The molecule has 108 valence electrons. The van der Waals surface area contributed by atoms with E-state index in [1.165, 1.54) is 24.5 Å². The van der Waals surface area contributed by atoms with Gasteiger partial charge in [-0.15, -0.1) is 11.3 Å². The number of hydrogen-bond acceptors (Lipinski definition) is 5. The molecule has 0 unspecified atom stereocenters. The number of sulfonamides is 1. The number of benzene rings is 1. The van der Waals surface area contributed by atoms with E-state index in [0.717, 1.165) is 10.6 Å². The molecule has 0 fully saturated rings. The number of anilines is 1. The third-order valence-electron chi connectivity index (χ3n) is 2.67. The zero-order chi connectivity index (χ0) is 14.9. The fourth-order valence-electron chi connectivity index (χ4n) is 1.55. The standard InChI is InChI=1S/C12H13BrN2O3S2/c1-7-8(2)19-12(14-7)15-20(16,17)11-6-9(13)4-5-10(11)18-3/h4-6H,1-3H3,(H,14,15). The summed E-state index contributed by atoms with van der Waals surface area (Å²) in [5.41, 5.74) is 0.814. The number of hydrogen-bond donors (Lipinski definition) is 1. The monoisotopic (exact) mass is 376 g/mol. The maximum Gasteiger partial charge on any atom is 0.267 e. The Morgan fingerprint density at radius 2 is 2.05 bits per heavy atom. The van der Waals surface area contributed by atoms with Gasteiger partial charge in [-0.25, -0.2) is 13.4 Å². The third-order valence-corrected chi connectivity index (χ3v) is 5.64. The van der Waals surface area contributed by atoms with Gasteiger partial charge in [-0.2, -0.15) is 0 Å². The molecule has 1 aromatic heterocycles. The number of thiazole rings is 1. The predicted octanol–water partition coefficient (Wildman–Crippen LogP) is 3.33. The van der Waals surface area contributed by atoms with Crippen LogP contribution in [0.5, 0.6) is 5.75 Å². The predicted molar refractivity (Wildman–Crippen MR) is 83.1 cm³/mol. The summed E-state index contributed by atoms with van der Waals surface area (Å²) >= 11 is 4.56. The first-order valence-electron chi connectivity index (χ1n) is 5.64. The number of aryl methyl sites for hydroxylation is 2. The van der Waals surface area contributed by atoms with Crippen LogP contribution in [0.4, 0.5) is 5.13 Å². The molecule has 8 heteroatoms. The molecule has 1 aromatic carbocycles. The molecule has 2 aromatic rings. The maximum atomic E-state index is 12.4. The van der Waals surface area contributed by atoms with Crippen molar-refractivity contribution < 1.29 is 13.2 Å². The summed E-state index contributed by atoms with van der Waals surface area (Å²) < 4.78 is 33.0. The number of nitrogens with zero attached hydrogens (tertiary/aromatic N) is 1. The second-order valence-corrected chi connectivity index (χ2v) is 7.83. The van der Waals surface area contributed by atoms with Crippen molar-refractivity contribution in [2.45, 2.75) is 18.7 Å². The van der Waals surface area contributed by atoms with Crippen LogP contribution in [0, 0.1) is 13.8 Å². The highest BCUT2D eigenvalue weighted by Gasteiger charge is 2.21. The number of nitrogens with one attached hydrogen (secondary N) is 1. The summed E-state index contributed by atoms with van der Waals surface area (Å²) in [4.78, 5) is 5.22. The molecule has 2 rings (SSSR count). The first-order chi connectivity index (χ1) is 9.33. The van der Waals surface area contributed by atoms with Gasteiger partial charge in [0.25, 0.3) is 10.0 Å². The van der Waals surface area contributed by atoms with Gasteiger partial charge < -0.3 is 4.74 Å². The van der Waals surface area contributed by atoms with Crippen molar-refractivity contribution in [1.82, 2.24) is 4.98 Å². The van der Waals surface area contributed by atoms with Crippen molar-refractivity contribution in [2.24, 2.45) is 0 Å². The van der Waals surface area contributed by atoms with Crippen LogP contribution >= 0.6 is 27.3 Å². The lowest BCUT2D eigenvalue weighted by Gasteiger charge is -2.10. The van der Waals surface area contributed by atoms with E-state index in [4.69, 9.17) is 4.74 Å². The van der Waals surface area contributed by atoms with Crippen LogP contribution in [0.25, 0.3) is 0 Å². The van der Waals surface area contributed by atoms with Crippen LogP contribution in [-0.2, 0) is 10.0 Å². The van der Waals surface area contributed by atoms with Crippen LogP contribution < -0.4 is 9.46 Å².